The second-order valence-corrected chi connectivity index (χ2v) is 11.9. The Kier molecular flexibility index (Phi) is 6.29. The van der Waals surface area contributed by atoms with Crippen molar-refractivity contribution >= 4 is 40.4 Å². The van der Waals surface area contributed by atoms with Gasteiger partial charge >= 0.3 is 0 Å². The molecule has 2 N–H and O–H groups in total. The van der Waals surface area contributed by atoms with E-state index in [2.05, 4.69) is 40.9 Å². The second kappa shape index (κ2) is 9.40. The molecule has 0 spiro atoms. The number of fused-ring (bicyclic) bond motifs is 2. The fourth-order valence-corrected chi connectivity index (χ4v) is 6.11. The van der Waals surface area contributed by atoms with Crippen LogP contribution in [0.15, 0.2) is 42.2 Å². The third-order valence-corrected chi connectivity index (χ3v) is 9.13. The van der Waals surface area contributed by atoms with Gasteiger partial charge in [-0.15, -0.1) is 0 Å². The lowest BCUT2D eigenvalue weighted by Crippen LogP contribution is -2.45. The number of allylic oxidation sites excluding steroid dienone is 1. The van der Waals surface area contributed by atoms with Crippen molar-refractivity contribution in [2.24, 2.45) is 17.8 Å². The molecule has 0 radical (unpaired) electrons. The summed E-state index contributed by atoms with van der Waals surface area (Å²) >= 11 is 6.52. The van der Waals surface area contributed by atoms with E-state index in [4.69, 9.17) is 16.6 Å². The van der Waals surface area contributed by atoms with E-state index >= 15 is 8.78 Å². The third-order valence-electron chi connectivity index (χ3n) is 8.85. The minimum Gasteiger partial charge on any atom is -0.375 e. The topological polar surface area (TPSA) is 56.3 Å². The van der Waals surface area contributed by atoms with E-state index in [-0.39, 0.29) is 18.8 Å². The zero-order chi connectivity index (χ0) is 26.8. The van der Waals surface area contributed by atoms with Crippen LogP contribution in [0.3, 0.4) is 0 Å². The largest absolute Gasteiger partial charge is 0.375 e. The number of nitrogens with one attached hydrogen (secondary N) is 2. The molecule has 202 valence electrons. The van der Waals surface area contributed by atoms with Gasteiger partial charge in [0.25, 0.3) is 5.92 Å². The highest BCUT2D eigenvalue weighted by atomic mass is 35.5. The van der Waals surface area contributed by atoms with E-state index in [1.54, 1.807) is 6.20 Å². The van der Waals surface area contributed by atoms with Gasteiger partial charge < -0.3 is 20.4 Å². The van der Waals surface area contributed by atoms with E-state index in [9.17, 15) is 0 Å². The Bertz CT molecular complexity index is 1310. The first-order valence-corrected chi connectivity index (χ1v) is 14.0. The molecule has 6 rings (SSSR count). The van der Waals surface area contributed by atoms with Crippen LogP contribution < -0.4 is 20.4 Å². The van der Waals surface area contributed by atoms with Crippen molar-refractivity contribution in [2.45, 2.75) is 57.9 Å². The molecule has 2 aromatic rings. The zero-order valence-corrected chi connectivity index (χ0v) is 23.0. The fraction of sp³-hybridized carbons (Fsp3) is 0.517. The van der Waals surface area contributed by atoms with E-state index < -0.39 is 12.0 Å². The fourth-order valence-electron chi connectivity index (χ4n) is 5.97. The second-order valence-electron chi connectivity index (χ2n) is 11.5. The van der Waals surface area contributed by atoms with Crippen LogP contribution >= 0.6 is 11.6 Å². The van der Waals surface area contributed by atoms with Crippen LogP contribution in [0.4, 0.5) is 31.9 Å². The summed E-state index contributed by atoms with van der Waals surface area (Å²) in [5.74, 6) is -0.322. The Labute approximate surface area is 228 Å². The molecule has 1 aliphatic carbocycles. The molecule has 38 heavy (non-hydrogen) atoms. The number of hydrogen-bond acceptors (Lipinski definition) is 6. The predicted octanol–water partition coefficient (Wildman–Crippen LogP) is 6.83. The average molecular weight is 541 g/mol. The van der Waals surface area contributed by atoms with Crippen LogP contribution in [0.5, 0.6) is 0 Å². The van der Waals surface area contributed by atoms with Crippen molar-refractivity contribution < 1.29 is 8.78 Å². The van der Waals surface area contributed by atoms with Crippen LogP contribution in [-0.4, -0.2) is 42.1 Å². The van der Waals surface area contributed by atoms with Crippen LogP contribution in [0.25, 0.3) is 5.70 Å². The molecule has 3 atom stereocenters. The maximum Gasteiger partial charge on any atom is 0.268 e. The van der Waals surface area contributed by atoms with E-state index in [0.29, 0.717) is 28.6 Å². The maximum absolute atomic E-state index is 15.1. The SMILES string of the molecule is C=C1C2=C(NC(C3CC3)C(F)(F)CC2)c2cc(Nc3nc(N4CCC(C)C(C)C4)ncc3Cl)ccc2N1C. The van der Waals surface area contributed by atoms with Gasteiger partial charge in [0.15, 0.2) is 5.82 Å². The summed E-state index contributed by atoms with van der Waals surface area (Å²) in [6.07, 6.45) is 4.54. The molecule has 1 saturated heterocycles. The molecular formula is C29H35ClF2N6. The van der Waals surface area contributed by atoms with Gasteiger partial charge in [-0.1, -0.05) is 32.0 Å². The van der Waals surface area contributed by atoms with Crippen molar-refractivity contribution in [1.29, 1.82) is 0 Å². The number of anilines is 4. The van der Waals surface area contributed by atoms with Crippen LogP contribution in [0, 0.1) is 17.8 Å². The molecule has 3 unspecified atom stereocenters. The average Bonchev–Trinajstić information content (AvgIpc) is 3.73. The monoisotopic (exact) mass is 540 g/mol. The summed E-state index contributed by atoms with van der Waals surface area (Å²) in [7, 11) is 1.94. The highest BCUT2D eigenvalue weighted by Gasteiger charge is 2.50. The van der Waals surface area contributed by atoms with Crippen LogP contribution in [0.1, 0.15) is 51.5 Å². The molecule has 1 aromatic carbocycles. The van der Waals surface area contributed by atoms with Gasteiger partial charge in [-0.05, 0) is 67.2 Å². The highest BCUT2D eigenvalue weighted by Crippen LogP contribution is 2.49. The molecule has 2 fully saturated rings. The first kappa shape index (κ1) is 25.4. The van der Waals surface area contributed by atoms with Crippen molar-refractivity contribution in [3.05, 3.63) is 52.8 Å². The highest BCUT2D eigenvalue weighted by molar-refractivity contribution is 6.32. The Morgan fingerprint density at radius 3 is 2.71 bits per heavy atom. The number of alkyl halides is 2. The Hall–Kier alpha value is -2.87. The van der Waals surface area contributed by atoms with Crippen LogP contribution in [0.2, 0.25) is 5.02 Å². The van der Waals surface area contributed by atoms with Gasteiger partial charge in [0, 0.05) is 49.2 Å². The normalized spacial score (nSPS) is 26.9. The number of piperidine rings is 1. The Morgan fingerprint density at radius 1 is 1.18 bits per heavy atom. The molecule has 0 bridgehead atoms. The first-order chi connectivity index (χ1) is 18.1. The van der Waals surface area contributed by atoms with Crippen molar-refractivity contribution in [2.75, 3.05) is 35.3 Å². The van der Waals surface area contributed by atoms with Crippen molar-refractivity contribution in [3.8, 4) is 0 Å². The lowest BCUT2D eigenvalue weighted by Gasteiger charge is -2.35. The number of aromatic nitrogens is 2. The number of rotatable bonds is 4. The number of benzene rings is 1. The summed E-state index contributed by atoms with van der Waals surface area (Å²) in [5.41, 5.74) is 4.98. The lowest BCUT2D eigenvalue weighted by atomic mass is 9.89. The zero-order valence-electron chi connectivity index (χ0n) is 22.2. The van der Waals surface area contributed by atoms with Gasteiger partial charge in [0.1, 0.15) is 5.02 Å². The lowest BCUT2D eigenvalue weighted by molar-refractivity contribution is -0.0441. The Morgan fingerprint density at radius 2 is 1.97 bits per heavy atom. The van der Waals surface area contributed by atoms with Gasteiger partial charge in [-0.25, -0.2) is 13.8 Å². The van der Waals surface area contributed by atoms with E-state index in [0.717, 1.165) is 66.3 Å². The third kappa shape index (κ3) is 4.51. The van der Waals surface area contributed by atoms with Crippen LogP contribution in [-0.2, 0) is 0 Å². The maximum atomic E-state index is 15.1. The van der Waals surface area contributed by atoms with Crippen molar-refractivity contribution in [1.82, 2.24) is 15.3 Å². The summed E-state index contributed by atoms with van der Waals surface area (Å²) in [4.78, 5) is 13.5. The summed E-state index contributed by atoms with van der Waals surface area (Å²) < 4.78 is 30.3. The first-order valence-electron chi connectivity index (χ1n) is 13.6. The smallest absolute Gasteiger partial charge is 0.268 e. The molecule has 9 heteroatoms. The molecule has 4 aliphatic rings. The van der Waals surface area contributed by atoms with Crippen molar-refractivity contribution in [3.63, 3.8) is 0 Å². The number of hydrogen-bond donors (Lipinski definition) is 2. The minimum absolute atomic E-state index is 0.00766. The molecule has 0 amide bonds. The number of nitrogens with zero attached hydrogens (tertiary/aromatic N) is 4. The summed E-state index contributed by atoms with van der Waals surface area (Å²) in [5, 5.41) is 7.10. The summed E-state index contributed by atoms with van der Waals surface area (Å²) in [6, 6.07) is 5.09. The summed E-state index contributed by atoms with van der Waals surface area (Å²) in [6.45, 7) is 10.6. The molecular weight excluding hydrogens is 506 g/mol. The molecule has 1 aromatic heterocycles. The molecule has 1 saturated carbocycles. The minimum atomic E-state index is -2.76. The van der Waals surface area contributed by atoms with Gasteiger partial charge in [0.05, 0.1) is 17.9 Å². The molecule has 4 heterocycles. The van der Waals surface area contributed by atoms with E-state index in [1.165, 1.54) is 0 Å². The van der Waals surface area contributed by atoms with Gasteiger partial charge in [-0.3, -0.25) is 0 Å². The standard InChI is InChI=1S/C29H35ClF2N6/c1-16-10-12-38(15-17(16)2)28-33-14-23(30)27(36-28)34-20-7-8-24-22(13-20)25-21(18(3)37(24)4)9-11-29(31,32)26(35-25)19-5-6-19/h7-8,13-14,16-17,19,26,35H,3,5-6,9-12,15H2,1-2,4H3,(H,33,34,36). The number of likely N-dealkylation sites (N-methyl/N-ethyl adjacent to an activating group) is 1. The van der Waals surface area contributed by atoms with Gasteiger partial charge in [0.2, 0.25) is 5.95 Å². The van der Waals surface area contributed by atoms with Gasteiger partial charge in [-0.2, -0.15) is 4.98 Å². The van der Waals surface area contributed by atoms with E-state index in [1.807, 2.05) is 30.1 Å². The number of halogens is 3. The predicted molar refractivity (Wildman–Crippen MR) is 150 cm³/mol. The quantitative estimate of drug-likeness (QED) is 0.443. The molecule has 6 nitrogen and oxygen atoms in total. The Balaban J connectivity index is 1.32. The molecule has 3 aliphatic heterocycles.